The fraction of sp³-hybridized carbons (Fsp3) is 0.625. The lowest BCUT2D eigenvalue weighted by Crippen LogP contribution is -2.23. The zero-order chi connectivity index (χ0) is 11.8. The topological polar surface area (TPSA) is 12.0 Å². The standard InChI is InChI=1S/C16H25N/c1-2-5-9-15(10-6-3-1)13-17-14-16-11-7-4-8-12-16/h4,7-8,11-12,15,17H,1-3,5-6,9-10,13-14H2. The van der Waals surface area contributed by atoms with Gasteiger partial charge in [-0.3, -0.25) is 0 Å². The normalized spacial score (nSPS) is 18.6. The van der Waals surface area contributed by atoms with Crippen LogP contribution in [0.4, 0.5) is 0 Å². The Morgan fingerprint density at radius 2 is 1.53 bits per heavy atom. The minimum absolute atomic E-state index is 0.916. The third-order valence-corrected chi connectivity index (χ3v) is 3.83. The Bertz CT molecular complexity index is 286. The first-order valence-corrected chi connectivity index (χ1v) is 7.20. The summed E-state index contributed by atoms with van der Waals surface area (Å²) in [4.78, 5) is 0. The molecule has 0 radical (unpaired) electrons. The predicted octanol–water partition coefficient (Wildman–Crippen LogP) is 4.14. The highest BCUT2D eigenvalue weighted by atomic mass is 14.9. The summed E-state index contributed by atoms with van der Waals surface area (Å²) < 4.78 is 0. The number of hydrogen-bond donors (Lipinski definition) is 1. The molecule has 1 heteroatoms. The van der Waals surface area contributed by atoms with E-state index in [9.17, 15) is 0 Å². The van der Waals surface area contributed by atoms with Crippen LogP contribution in [0.2, 0.25) is 0 Å². The third kappa shape index (κ3) is 4.91. The molecule has 0 bridgehead atoms. The average Bonchev–Trinajstić information content (AvgIpc) is 2.33. The SMILES string of the molecule is c1ccc(CNCC2CCCCCCC2)cc1. The van der Waals surface area contributed by atoms with Gasteiger partial charge in [-0.2, -0.15) is 0 Å². The molecule has 0 heterocycles. The van der Waals surface area contributed by atoms with Crippen LogP contribution in [0.25, 0.3) is 0 Å². The molecule has 1 saturated carbocycles. The van der Waals surface area contributed by atoms with Gasteiger partial charge in [-0.25, -0.2) is 0 Å². The highest BCUT2D eigenvalue weighted by Crippen LogP contribution is 2.21. The van der Waals surface area contributed by atoms with Gasteiger partial charge in [0.2, 0.25) is 0 Å². The molecule has 1 aliphatic rings. The minimum Gasteiger partial charge on any atom is -0.312 e. The summed E-state index contributed by atoms with van der Waals surface area (Å²) in [6, 6.07) is 10.7. The van der Waals surface area contributed by atoms with Gasteiger partial charge in [0, 0.05) is 6.54 Å². The summed E-state index contributed by atoms with van der Waals surface area (Å²) in [6.07, 6.45) is 10.1. The zero-order valence-corrected chi connectivity index (χ0v) is 10.8. The molecule has 0 aliphatic heterocycles. The molecule has 2 rings (SSSR count). The maximum Gasteiger partial charge on any atom is 0.0205 e. The van der Waals surface area contributed by atoms with Gasteiger partial charge in [0.1, 0.15) is 0 Å². The van der Waals surface area contributed by atoms with Gasteiger partial charge in [-0.15, -0.1) is 0 Å². The van der Waals surface area contributed by atoms with E-state index in [4.69, 9.17) is 0 Å². The molecule has 1 aliphatic carbocycles. The smallest absolute Gasteiger partial charge is 0.0205 e. The molecular weight excluding hydrogens is 206 g/mol. The molecule has 0 atom stereocenters. The zero-order valence-electron chi connectivity index (χ0n) is 10.8. The minimum atomic E-state index is 0.916. The molecule has 0 aromatic heterocycles. The Labute approximate surface area is 106 Å². The van der Waals surface area contributed by atoms with E-state index < -0.39 is 0 Å². The van der Waals surface area contributed by atoms with Crippen molar-refractivity contribution >= 4 is 0 Å². The second kappa shape index (κ2) is 7.50. The fourth-order valence-electron chi connectivity index (χ4n) is 2.76. The van der Waals surface area contributed by atoms with Gasteiger partial charge in [0.25, 0.3) is 0 Å². The van der Waals surface area contributed by atoms with Gasteiger partial charge in [-0.05, 0) is 30.9 Å². The molecule has 17 heavy (non-hydrogen) atoms. The molecule has 0 amide bonds. The molecule has 1 nitrogen and oxygen atoms in total. The monoisotopic (exact) mass is 231 g/mol. The lowest BCUT2D eigenvalue weighted by atomic mass is 9.91. The second-order valence-corrected chi connectivity index (χ2v) is 5.33. The van der Waals surface area contributed by atoms with Crippen molar-refractivity contribution in [2.75, 3.05) is 6.54 Å². The molecule has 0 saturated heterocycles. The second-order valence-electron chi connectivity index (χ2n) is 5.33. The summed E-state index contributed by atoms with van der Waals surface area (Å²) in [5.41, 5.74) is 1.40. The average molecular weight is 231 g/mol. The Hall–Kier alpha value is -0.820. The van der Waals surface area contributed by atoms with Crippen molar-refractivity contribution in [1.29, 1.82) is 0 Å². The van der Waals surface area contributed by atoms with Crippen molar-refractivity contribution in [3.63, 3.8) is 0 Å². The van der Waals surface area contributed by atoms with Crippen molar-refractivity contribution in [3.05, 3.63) is 35.9 Å². The maximum absolute atomic E-state index is 3.62. The highest BCUT2D eigenvalue weighted by Gasteiger charge is 2.10. The Morgan fingerprint density at radius 1 is 0.882 bits per heavy atom. The van der Waals surface area contributed by atoms with E-state index in [0.717, 1.165) is 12.5 Å². The van der Waals surface area contributed by atoms with Gasteiger partial charge in [0.15, 0.2) is 0 Å². The Balaban J connectivity index is 1.66. The summed E-state index contributed by atoms with van der Waals surface area (Å²) in [7, 11) is 0. The van der Waals surface area contributed by atoms with E-state index in [1.54, 1.807) is 0 Å². The molecule has 94 valence electrons. The van der Waals surface area contributed by atoms with E-state index in [1.165, 1.54) is 57.1 Å². The summed E-state index contributed by atoms with van der Waals surface area (Å²) in [6.45, 7) is 2.23. The van der Waals surface area contributed by atoms with Crippen LogP contribution in [0.15, 0.2) is 30.3 Å². The van der Waals surface area contributed by atoms with E-state index >= 15 is 0 Å². The molecule has 1 aromatic carbocycles. The Kier molecular flexibility index (Phi) is 5.57. The van der Waals surface area contributed by atoms with Crippen LogP contribution in [0.3, 0.4) is 0 Å². The Morgan fingerprint density at radius 3 is 2.24 bits per heavy atom. The summed E-state index contributed by atoms with van der Waals surface area (Å²) in [5.74, 6) is 0.916. The molecule has 1 N–H and O–H groups in total. The number of hydrogen-bond acceptors (Lipinski definition) is 1. The molecule has 0 spiro atoms. The molecule has 1 aromatic rings. The van der Waals surface area contributed by atoms with Crippen molar-refractivity contribution in [3.8, 4) is 0 Å². The van der Waals surface area contributed by atoms with Gasteiger partial charge < -0.3 is 5.32 Å². The highest BCUT2D eigenvalue weighted by molar-refractivity contribution is 5.14. The van der Waals surface area contributed by atoms with Gasteiger partial charge in [0.05, 0.1) is 0 Å². The number of benzene rings is 1. The van der Waals surface area contributed by atoms with E-state index in [2.05, 4.69) is 35.6 Å². The first-order valence-electron chi connectivity index (χ1n) is 7.20. The van der Waals surface area contributed by atoms with Crippen LogP contribution in [0.1, 0.15) is 50.5 Å². The molecular formula is C16H25N. The first kappa shape index (κ1) is 12.6. The van der Waals surface area contributed by atoms with Gasteiger partial charge >= 0.3 is 0 Å². The largest absolute Gasteiger partial charge is 0.312 e. The quantitative estimate of drug-likeness (QED) is 0.821. The van der Waals surface area contributed by atoms with Crippen molar-refractivity contribution in [1.82, 2.24) is 5.32 Å². The van der Waals surface area contributed by atoms with Crippen molar-refractivity contribution in [2.24, 2.45) is 5.92 Å². The molecule has 0 unspecified atom stereocenters. The lowest BCUT2D eigenvalue weighted by Gasteiger charge is -2.20. The third-order valence-electron chi connectivity index (χ3n) is 3.83. The van der Waals surface area contributed by atoms with Crippen molar-refractivity contribution < 1.29 is 0 Å². The number of nitrogens with one attached hydrogen (secondary N) is 1. The van der Waals surface area contributed by atoms with Crippen LogP contribution in [0.5, 0.6) is 0 Å². The summed E-state index contributed by atoms with van der Waals surface area (Å²) in [5, 5.41) is 3.62. The van der Waals surface area contributed by atoms with Crippen LogP contribution >= 0.6 is 0 Å². The fourth-order valence-corrected chi connectivity index (χ4v) is 2.76. The van der Waals surface area contributed by atoms with E-state index in [1.807, 2.05) is 0 Å². The van der Waals surface area contributed by atoms with Crippen LogP contribution in [0, 0.1) is 5.92 Å². The van der Waals surface area contributed by atoms with Crippen LogP contribution in [-0.4, -0.2) is 6.54 Å². The maximum atomic E-state index is 3.62. The van der Waals surface area contributed by atoms with E-state index in [-0.39, 0.29) is 0 Å². The van der Waals surface area contributed by atoms with E-state index in [0.29, 0.717) is 0 Å². The first-order chi connectivity index (χ1) is 8.45. The number of rotatable bonds is 4. The predicted molar refractivity (Wildman–Crippen MR) is 74.0 cm³/mol. The summed E-state index contributed by atoms with van der Waals surface area (Å²) >= 11 is 0. The lowest BCUT2D eigenvalue weighted by molar-refractivity contribution is 0.361. The molecule has 1 fully saturated rings. The van der Waals surface area contributed by atoms with Gasteiger partial charge in [-0.1, -0.05) is 62.4 Å². The van der Waals surface area contributed by atoms with Crippen LogP contribution < -0.4 is 5.32 Å². The van der Waals surface area contributed by atoms with Crippen LogP contribution in [-0.2, 0) is 6.54 Å². The van der Waals surface area contributed by atoms with Crippen molar-refractivity contribution in [2.45, 2.75) is 51.5 Å².